The van der Waals surface area contributed by atoms with E-state index in [4.69, 9.17) is 9.47 Å². The second-order valence-corrected chi connectivity index (χ2v) is 5.73. The fraction of sp³-hybridized carbons (Fsp3) is 0.182. The van der Waals surface area contributed by atoms with Crippen molar-refractivity contribution in [1.82, 2.24) is 0 Å². The number of ether oxygens (including phenoxy) is 2. The lowest BCUT2D eigenvalue weighted by Crippen LogP contribution is -2.00. The van der Waals surface area contributed by atoms with E-state index in [0.717, 1.165) is 29.3 Å². The Morgan fingerprint density at radius 2 is 1.52 bits per heavy atom. The monoisotopic (exact) mass is 333 g/mol. The Balaban J connectivity index is 1.54. The van der Waals surface area contributed by atoms with Gasteiger partial charge in [-0.2, -0.15) is 0 Å². The van der Waals surface area contributed by atoms with E-state index in [1.54, 1.807) is 0 Å². The molecule has 0 atom stereocenters. The summed E-state index contributed by atoms with van der Waals surface area (Å²) < 4.78 is 11.3. The van der Waals surface area contributed by atoms with Gasteiger partial charge < -0.3 is 14.8 Å². The third-order valence-electron chi connectivity index (χ3n) is 3.81. The highest BCUT2D eigenvalue weighted by Crippen LogP contribution is 2.20. The molecule has 0 bridgehead atoms. The van der Waals surface area contributed by atoms with Crippen LogP contribution in [-0.2, 0) is 13.2 Å². The number of anilines is 1. The van der Waals surface area contributed by atoms with Gasteiger partial charge >= 0.3 is 0 Å². The lowest BCUT2D eigenvalue weighted by molar-refractivity contribution is 0.306. The van der Waals surface area contributed by atoms with E-state index < -0.39 is 0 Å². The minimum absolute atomic E-state index is 0.573. The van der Waals surface area contributed by atoms with Crippen molar-refractivity contribution in [2.45, 2.75) is 20.1 Å². The predicted molar refractivity (Wildman–Crippen MR) is 102 cm³/mol. The smallest absolute Gasteiger partial charge is 0.121 e. The van der Waals surface area contributed by atoms with Crippen molar-refractivity contribution >= 4 is 5.69 Å². The molecule has 0 amide bonds. The molecule has 0 aliphatic heterocycles. The molecule has 0 aliphatic rings. The first-order chi connectivity index (χ1) is 12.3. The van der Waals surface area contributed by atoms with E-state index >= 15 is 0 Å². The van der Waals surface area contributed by atoms with Crippen molar-refractivity contribution in [2.24, 2.45) is 0 Å². The Labute approximate surface area is 149 Å². The Kier molecular flexibility index (Phi) is 5.94. The lowest BCUT2D eigenvalue weighted by Gasteiger charge is -2.11. The topological polar surface area (TPSA) is 30.5 Å². The lowest BCUT2D eigenvalue weighted by atomic mass is 10.2. The molecule has 3 heteroatoms. The molecular weight excluding hydrogens is 310 g/mol. The van der Waals surface area contributed by atoms with Crippen molar-refractivity contribution in [3.63, 3.8) is 0 Å². The molecule has 0 aliphatic carbocycles. The van der Waals surface area contributed by atoms with Crippen LogP contribution < -0.4 is 14.8 Å². The summed E-state index contributed by atoms with van der Waals surface area (Å²) in [6.07, 6.45) is 0. The van der Waals surface area contributed by atoms with Crippen LogP contribution in [0.15, 0.2) is 78.9 Å². The maximum atomic E-state index is 5.87. The van der Waals surface area contributed by atoms with Crippen LogP contribution in [0.1, 0.15) is 18.1 Å². The molecule has 25 heavy (non-hydrogen) atoms. The predicted octanol–water partition coefficient (Wildman–Crippen LogP) is 5.28. The van der Waals surface area contributed by atoms with Gasteiger partial charge in [-0.25, -0.2) is 0 Å². The van der Waals surface area contributed by atoms with E-state index in [1.165, 1.54) is 5.56 Å². The highest BCUT2D eigenvalue weighted by Gasteiger charge is 1.99. The second kappa shape index (κ2) is 8.78. The number of nitrogens with one attached hydrogen (secondary N) is 1. The quantitative estimate of drug-likeness (QED) is 0.608. The molecule has 0 saturated heterocycles. The SMILES string of the molecule is CCOc1ccc(CNc2cccc(OCc3ccccc3)c2)cc1. The molecular formula is C22H23NO2. The molecule has 0 heterocycles. The van der Waals surface area contributed by atoms with E-state index in [1.807, 2.05) is 61.5 Å². The first kappa shape index (κ1) is 16.9. The van der Waals surface area contributed by atoms with Gasteiger partial charge in [0.2, 0.25) is 0 Å². The number of rotatable bonds is 8. The highest BCUT2D eigenvalue weighted by molar-refractivity contribution is 5.48. The van der Waals surface area contributed by atoms with Gasteiger partial charge in [-0.1, -0.05) is 48.5 Å². The van der Waals surface area contributed by atoms with Gasteiger partial charge in [0.15, 0.2) is 0 Å². The van der Waals surface area contributed by atoms with Crippen LogP contribution >= 0.6 is 0 Å². The molecule has 3 nitrogen and oxygen atoms in total. The zero-order valence-electron chi connectivity index (χ0n) is 14.4. The summed E-state index contributed by atoms with van der Waals surface area (Å²) in [6.45, 7) is 4.01. The Bertz CT molecular complexity index is 770. The standard InChI is InChI=1S/C22H23NO2/c1-2-24-21-13-11-18(12-14-21)16-23-20-9-6-10-22(15-20)25-17-19-7-4-3-5-8-19/h3-15,23H,2,16-17H2,1H3. The zero-order chi connectivity index (χ0) is 17.3. The van der Waals surface area contributed by atoms with Gasteiger partial charge in [0.1, 0.15) is 18.1 Å². The van der Waals surface area contributed by atoms with Gasteiger partial charge in [0.25, 0.3) is 0 Å². The molecule has 0 saturated carbocycles. The van der Waals surface area contributed by atoms with Gasteiger partial charge in [-0.05, 0) is 42.3 Å². The second-order valence-electron chi connectivity index (χ2n) is 5.73. The van der Waals surface area contributed by atoms with Crippen LogP contribution in [0.4, 0.5) is 5.69 Å². The largest absolute Gasteiger partial charge is 0.494 e. The van der Waals surface area contributed by atoms with Crippen molar-refractivity contribution < 1.29 is 9.47 Å². The van der Waals surface area contributed by atoms with Crippen molar-refractivity contribution in [3.8, 4) is 11.5 Å². The summed E-state index contributed by atoms with van der Waals surface area (Å²) >= 11 is 0. The summed E-state index contributed by atoms with van der Waals surface area (Å²) in [7, 11) is 0. The third-order valence-corrected chi connectivity index (χ3v) is 3.81. The average molecular weight is 333 g/mol. The molecule has 3 aromatic carbocycles. The number of hydrogen-bond acceptors (Lipinski definition) is 3. The molecule has 0 unspecified atom stereocenters. The maximum absolute atomic E-state index is 5.87. The Hall–Kier alpha value is -2.94. The maximum Gasteiger partial charge on any atom is 0.121 e. The van der Waals surface area contributed by atoms with E-state index in [0.29, 0.717) is 13.2 Å². The summed E-state index contributed by atoms with van der Waals surface area (Å²) in [4.78, 5) is 0. The van der Waals surface area contributed by atoms with E-state index in [-0.39, 0.29) is 0 Å². The summed E-state index contributed by atoms with van der Waals surface area (Å²) in [5.74, 6) is 1.77. The molecule has 0 spiro atoms. The number of hydrogen-bond donors (Lipinski definition) is 1. The fourth-order valence-corrected chi connectivity index (χ4v) is 2.51. The molecule has 1 N–H and O–H groups in total. The Morgan fingerprint density at radius 3 is 2.28 bits per heavy atom. The van der Waals surface area contributed by atoms with Crippen LogP contribution in [0, 0.1) is 0 Å². The third kappa shape index (κ3) is 5.28. The zero-order valence-corrected chi connectivity index (χ0v) is 14.4. The Morgan fingerprint density at radius 1 is 0.720 bits per heavy atom. The molecule has 0 radical (unpaired) electrons. The minimum atomic E-state index is 0.573. The fourth-order valence-electron chi connectivity index (χ4n) is 2.51. The van der Waals surface area contributed by atoms with Crippen LogP contribution in [-0.4, -0.2) is 6.61 Å². The van der Waals surface area contributed by atoms with Gasteiger partial charge in [-0.15, -0.1) is 0 Å². The minimum Gasteiger partial charge on any atom is -0.494 e. The van der Waals surface area contributed by atoms with Gasteiger partial charge in [0, 0.05) is 18.3 Å². The molecule has 0 aromatic heterocycles. The van der Waals surface area contributed by atoms with Crippen LogP contribution in [0.5, 0.6) is 11.5 Å². The van der Waals surface area contributed by atoms with Gasteiger partial charge in [-0.3, -0.25) is 0 Å². The molecule has 128 valence electrons. The summed E-state index contributed by atoms with van der Waals surface area (Å²) in [6, 6.07) is 26.4. The summed E-state index contributed by atoms with van der Waals surface area (Å²) in [5, 5.41) is 3.43. The summed E-state index contributed by atoms with van der Waals surface area (Å²) in [5.41, 5.74) is 3.41. The highest BCUT2D eigenvalue weighted by atomic mass is 16.5. The van der Waals surface area contributed by atoms with E-state index in [9.17, 15) is 0 Å². The van der Waals surface area contributed by atoms with E-state index in [2.05, 4.69) is 29.6 Å². The molecule has 3 rings (SSSR count). The van der Waals surface area contributed by atoms with Crippen LogP contribution in [0.2, 0.25) is 0 Å². The molecule has 0 fully saturated rings. The van der Waals surface area contributed by atoms with Crippen LogP contribution in [0.3, 0.4) is 0 Å². The average Bonchev–Trinajstić information content (AvgIpc) is 2.67. The van der Waals surface area contributed by atoms with Gasteiger partial charge in [0.05, 0.1) is 6.61 Å². The van der Waals surface area contributed by atoms with Crippen LogP contribution in [0.25, 0.3) is 0 Å². The normalized spacial score (nSPS) is 10.3. The van der Waals surface area contributed by atoms with Crippen molar-refractivity contribution in [2.75, 3.05) is 11.9 Å². The van der Waals surface area contributed by atoms with Crippen molar-refractivity contribution in [3.05, 3.63) is 90.0 Å². The van der Waals surface area contributed by atoms with Crippen molar-refractivity contribution in [1.29, 1.82) is 0 Å². The first-order valence-corrected chi connectivity index (χ1v) is 8.56. The molecule has 3 aromatic rings. The first-order valence-electron chi connectivity index (χ1n) is 8.56. The number of benzene rings is 3.